The van der Waals surface area contributed by atoms with Crippen LogP contribution in [0, 0.1) is 5.92 Å². The molecule has 0 spiro atoms. The van der Waals surface area contributed by atoms with Crippen LogP contribution >= 0.6 is 23.5 Å². The first-order valence-corrected chi connectivity index (χ1v) is 17.4. The van der Waals surface area contributed by atoms with E-state index in [-0.39, 0.29) is 41.3 Å². The summed E-state index contributed by atoms with van der Waals surface area (Å²) in [6.45, 7) is 7.33. The maximum Gasteiger partial charge on any atom is 0.329 e. The average Bonchev–Trinajstić information content (AvgIpc) is 2.99. The predicted molar refractivity (Wildman–Crippen MR) is 175 cm³/mol. The molecule has 0 radical (unpaired) electrons. The number of aromatic nitrogens is 1. The first-order valence-electron chi connectivity index (χ1n) is 15.2. The van der Waals surface area contributed by atoms with E-state index in [1.165, 1.54) is 42.4 Å². The van der Waals surface area contributed by atoms with Gasteiger partial charge in [0.2, 0.25) is 5.91 Å². The number of allylic oxidation sites excluding steroid dienone is 2. The van der Waals surface area contributed by atoms with Crippen molar-refractivity contribution in [2.24, 2.45) is 5.92 Å². The molecule has 0 aliphatic carbocycles. The molecule has 2 heterocycles. The number of amides is 3. The van der Waals surface area contributed by atoms with Crippen LogP contribution in [-0.4, -0.2) is 57.9 Å². The third kappa shape index (κ3) is 13.3. The number of fused-ring (bicyclic) bond motifs is 2. The smallest absolute Gasteiger partial charge is 0.329 e. The Balaban J connectivity index is 2.20. The van der Waals surface area contributed by atoms with Crippen LogP contribution in [0.15, 0.2) is 41.0 Å². The van der Waals surface area contributed by atoms with Gasteiger partial charge in [-0.25, -0.2) is 9.78 Å². The Kier molecular flexibility index (Phi) is 16.9. The summed E-state index contributed by atoms with van der Waals surface area (Å²) in [6, 6.07) is 2.34. The summed E-state index contributed by atoms with van der Waals surface area (Å²) in [5, 5.41) is 8.20. The number of nitrogens with one attached hydrogen (secondary N) is 3. The van der Waals surface area contributed by atoms with E-state index in [9.17, 15) is 24.0 Å². The molecular weight excluding hydrogens is 601 g/mol. The van der Waals surface area contributed by atoms with Crippen LogP contribution < -0.4 is 16.0 Å². The van der Waals surface area contributed by atoms with Gasteiger partial charge in [-0.3, -0.25) is 19.2 Å². The molecule has 0 saturated heterocycles. The quantitative estimate of drug-likeness (QED) is 0.0932. The molecular formula is C32H46N4O6S2. The fourth-order valence-electron chi connectivity index (χ4n) is 4.30. The number of hydrogen-bond acceptors (Lipinski definition) is 9. The monoisotopic (exact) mass is 646 g/mol. The van der Waals surface area contributed by atoms with Gasteiger partial charge in [-0.2, -0.15) is 0 Å². The van der Waals surface area contributed by atoms with Crippen molar-refractivity contribution in [3.05, 3.63) is 47.4 Å². The Morgan fingerprint density at radius 3 is 2.55 bits per heavy atom. The number of unbranched alkanes of at least 4 members (excludes halogenated alkanes) is 4. The molecule has 3 N–H and O–H groups in total. The first-order chi connectivity index (χ1) is 21.1. The lowest BCUT2D eigenvalue weighted by Gasteiger charge is -2.24. The number of ether oxygens (including phenoxy) is 1. The Morgan fingerprint density at radius 2 is 1.86 bits per heavy atom. The van der Waals surface area contributed by atoms with Crippen LogP contribution in [0.25, 0.3) is 0 Å². The molecule has 12 heteroatoms. The minimum Gasteiger partial charge on any atom is -0.456 e. The van der Waals surface area contributed by atoms with E-state index in [1.807, 2.05) is 6.26 Å². The van der Waals surface area contributed by atoms with Gasteiger partial charge in [0.1, 0.15) is 23.5 Å². The summed E-state index contributed by atoms with van der Waals surface area (Å²) < 4.78 is 5.73. The van der Waals surface area contributed by atoms with Gasteiger partial charge in [0.25, 0.3) is 11.8 Å². The second-order valence-corrected chi connectivity index (χ2v) is 12.8. The maximum absolute atomic E-state index is 13.2. The number of pyridine rings is 1. The fourth-order valence-corrected chi connectivity index (χ4v) is 5.55. The first kappa shape index (κ1) is 37.1. The fraction of sp³-hybridized carbons (Fsp3) is 0.562. The van der Waals surface area contributed by atoms with Crippen LogP contribution in [0.2, 0.25) is 0 Å². The van der Waals surface area contributed by atoms with Crippen LogP contribution in [0.1, 0.15) is 95.2 Å². The van der Waals surface area contributed by atoms with E-state index in [0.717, 1.165) is 24.2 Å². The summed E-state index contributed by atoms with van der Waals surface area (Å²) >= 11 is 2.70. The number of nitrogens with zero attached hydrogens (tertiary/aromatic N) is 1. The van der Waals surface area contributed by atoms with Crippen molar-refractivity contribution in [1.82, 2.24) is 20.9 Å². The lowest BCUT2D eigenvalue weighted by Crippen LogP contribution is -2.48. The molecule has 0 unspecified atom stereocenters. The number of rotatable bonds is 12. The molecule has 0 aromatic carbocycles. The van der Waals surface area contributed by atoms with Gasteiger partial charge in [0.05, 0.1) is 18.7 Å². The molecule has 1 aliphatic rings. The molecule has 2 rings (SSSR count). The third-order valence-corrected chi connectivity index (χ3v) is 8.49. The highest BCUT2D eigenvalue weighted by molar-refractivity contribution is 8.13. The Morgan fingerprint density at radius 1 is 1.11 bits per heavy atom. The van der Waals surface area contributed by atoms with Crippen molar-refractivity contribution in [2.75, 3.05) is 12.0 Å². The topological polar surface area (TPSA) is 144 Å². The van der Waals surface area contributed by atoms with Crippen molar-refractivity contribution in [3.63, 3.8) is 0 Å². The largest absolute Gasteiger partial charge is 0.456 e. The molecule has 1 aromatic rings. The summed E-state index contributed by atoms with van der Waals surface area (Å²) in [5.74, 6) is -2.08. The standard InChI is InChI=1S/C32H46N4O6S2/c1-6-8-9-10-11-15-28(38)44-16-13-12-14-23-18-27(37)33-20-22-17-24(43-5)19-26(34-22)31(40)35-25(7-2)30(39)36-29(21(3)4)32(41)42-23/h7,12,14,17,19,21,23,29H,6,8-11,13,15-16,18,20H2,1-5H3,(H,33,37)(H,35,40)(H,36,39)/b14-12+,25-7-/t23-,29+/m1/s1. The zero-order valence-corrected chi connectivity index (χ0v) is 28.0. The van der Waals surface area contributed by atoms with Crippen molar-refractivity contribution in [2.45, 2.75) is 103 Å². The average molecular weight is 647 g/mol. The van der Waals surface area contributed by atoms with Gasteiger partial charge in [-0.05, 0) is 50.1 Å². The molecule has 1 aromatic heterocycles. The van der Waals surface area contributed by atoms with E-state index < -0.39 is 29.9 Å². The van der Waals surface area contributed by atoms with E-state index in [0.29, 0.717) is 24.3 Å². The van der Waals surface area contributed by atoms with E-state index >= 15 is 0 Å². The zero-order valence-electron chi connectivity index (χ0n) is 26.4. The molecule has 2 bridgehead atoms. The highest BCUT2D eigenvalue weighted by atomic mass is 32.2. The molecule has 242 valence electrons. The Bertz CT molecular complexity index is 1220. The normalized spacial score (nSPS) is 19.5. The van der Waals surface area contributed by atoms with Gasteiger partial charge in [-0.15, -0.1) is 11.8 Å². The lowest BCUT2D eigenvalue weighted by molar-refractivity contribution is -0.153. The molecule has 0 fully saturated rings. The van der Waals surface area contributed by atoms with Gasteiger partial charge in [-0.1, -0.05) is 70.4 Å². The second-order valence-electron chi connectivity index (χ2n) is 10.8. The molecule has 0 saturated carbocycles. The third-order valence-electron chi connectivity index (χ3n) is 6.81. The van der Waals surface area contributed by atoms with E-state index in [1.54, 1.807) is 45.1 Å². The number of cyclic esters (lactones) is 1. The van der Waals surface area contributed by atoms with Crippen molar-refractivity contribution < 1.29 is 28.7 Å². The van der Waals surface area contributed by atoms with E-state index in [2.05, 4.69) is 27.9 Å². The molecule has 44 heavy (non-hydrogen) atoms. The highest BCUT2D eigenvalue weighted by Crippen LogP contribution is 2.18. The number of hydrogen-bond donors (Lipinski definition) is 3. The molecule has 3 amide bonds. The van der Waals surface area contributed by atoms with Gasteiger partial charge >= 0.3 is 5.97 Å². The lowest BCUT2D eigenvalue weighted by atomic mass is 10.0. The summed E-state index contributed by atoms with van der Waals surface area (Å²) in [4.78, 5) is 69.6. The zero-order chi connectivity index (χ0) is 32.5. The van der Waals surface area contributed by atoms with Crippen LogP contribution in [0.4, 0.5) is 0 Å². The van der Waals surface area contributed by atoms with E-state index in [4.69, 9.17) is 4.74 Å². The molecule has 2 atom stereocenters. The maximum atomic E-state index is 13.2. The number of carbonyl (C=O) groups is 5. The number of thioether (sulfide) groups is 2. The predicted octanol–water partition coefficient (Wildman–Crippen LogP) is 5.08. The Hall–Kier alpha value is -3.12. The summed E-state index contributed by atoms with van der Waals surface area (Å²) in [6.07, 6.45) is 12.3. The van der Waals surface area contributed by atoms with Crippen molar-refractivity contribution in [3.8, 4) is 0 Å². The van der Waals surface area contributed by atoms with Gasteiger partial charge < -0.3 is 20.7 Å². The summed E-state index contributed by atoms with van der Waals surface area (Å²) in [7, 11) is 0. The second kappa shape index (κ2) is 20.0. The molecule has 1 aliphatic heterocycles. The SMILES string of the molecule is C/C=C1\NC(=O)c2cc(SC)cc(n2)CNC(=O)C[C@@H](/C=C/CCSC(=O)CCCCCCC)OC(=O)[C@H](C(C)C)NC1=O. The number of esters is 1. The minimum atomic E-state index is -1.03. The number of carbonyl (C=O) groups excluding carboxylic acids is 5. The van der Waals surface area contributed by atoms with Crippen LogP contribution in [-0.2, 0) is 30.5 Å². The summed E-state index contributed by atoms with van der Waals surface area (Å²) in [5.41, 5.74) is 0.523. The van der Waals surface area contributed by atoms with Crippen LogP contribution in [0.3, 0.4) is 0 Å². The van der Waals surface area contributed by atoms with Crippen molar-refractivity contribution >= 4 is 52.3 Å². The Labute approximate surface area is 269 Å². The van der Waals surface area contributed by atoms with Crippen molar-refractivity contribution in [1.29, 1.82) is 0 Å². The minimum absolute atomic E-state index is 0.0313. The molecule has 10 nitrogen and oxygen atoms in total. The highest BCUT2D eigenvalue weighted by Gasteiger charge is 2.30. The van der Waals surface area contributed by atoms with Gasteiger partial charge in [0.15, 0.2) is 5.12 Å². The van der Waals surface area contributed by atoms with Gasteiger partial charge in [0, 0.05) is 17.1 Å². The van der Waals surface area contributed by atoms with Crippen LogP contribution in [0.5, 0.6) is 0 Å².